The van der Waals surface area contributed by atoms with Crippen molar-refractivity contribution in [2.45, 2.75) is 62.8 Å². The van der Waals surface area contributed by atoms with Crippen molar-refractivity contribution in [1.82, 2.24) is 0 Å². The monoisotopic (exact) mass is 910 g/mol. The van der Waals surface area contributed by atoms with Gasteiger partial charge in [0.05, 0.1) is 53.6 Å². The van der Waals surface area contributed by atoms with E-state index < -0.39 is 54.6 Å². The molecule has 0 radical (unpaired) electrons. The number of aromatic carboxylic acids is 1. The molecule has 0 aliphatic heterocycles. The Balaban J connectivity index is 1.06. The Morgan fingerprint density at radius 1 is 0.716 bits per heavy atom. The molecule has 2 N–H and O–H groups in total. The Labute approximate surface area is 389 Å². The number of carboxylic acid groups (broad SMARTS) is 1. The van der Waals surface area contributed by atoms with Gasteiger partial charge in [0.15, 0.2) is 0 Å². The average molecular weight is 911 g/mol. The highest BCUT2D eigenvalue weighted by atomic mass is 16.6. The summed E-state index contributed by atoms with van der Waals surface area (Å²) in [6.45, 7) is 6.55. The van der Waals surface area contributed by atoms with Gasteiger partial charge in [0.25, 0.3) is 0 Å². The van der Waals surface area contributed by atoms with Crippen molar-refractivity contribution in [3.8, 4) is 11.1 Å². The standard InChI is InChI=1S/C54H54O13/c1-5-26-63-39-20-16-36(17-21-39)54(47-12-8-6-10-41(47)42-11-7-9-13-48(42)54)37-18-22-40(23-19-37)64-27-28-65-53(61)46-30-35(34-14-24-43(49(56)57)45(29-34)51(59)62-4)15-25-44(46)52(60)67-32-38(55)31-66-50(58)33(2)3/h6-20,22,24-25,29-30,38-41,47,55H,2,5,21,23,26-28,31-32H2,1,3-4H3,(H,56,57). The second-order valence-electron chi connectivity index (χ2n) is 16.6. The molecular formula is C54H54O13. The van der Waals surface area contributed by atoms with E-state index >= 15 is 0 Å². The summed E-state index contributed by atoms with van der Waals surface area (Å²) >= 11 is 0. The maximum Gasteiger partial charge on any atom is 0.339 e. The van der Waals surface area contributed by atoms with Crippen LogP contribution in [0.2, 0.25) is 0 Å². The van der Waals surface area contributed by atoms with Crippen LogP contribution in [-0.2, 0) is 38.6 Å². The lowest BCUT2D eigenvalue weighted by Crippen LogP contribution is -2.37. The van der Waals surface area contributed by atoms with Crippen molar-refractivity contribution in [3.05, 3.63) is 178 Å². The molecule has 0 saturated carbocycles. The minimum atomic E-state index is -1.37. The van der Waals surface area contributed by atoms with Gasteiger partial charge >= 0.3 is 29.8 Å². The van der Waals surface area contributed by atoms with Gasteiger partial charge in [0, 0.05) is 24.0 Å². The highest BCUT2D eigenvalue weighted by molar-refractivity contribution is 6.05. The molecule has 0 spiro atoms. The molecular weight excluding hydrogens is 857 g/mol. The number of carbonyl (C=O) groups is 5. The van der Waals surface area contributed by atoms with Crippen LogP contribution < -0.4 is 0 Å². The van der Waals surface area contributed by atoms with Crippen LogP contribution in [0.3, 0.4) is 0 Å². The zero-order valence-corrected chi connectivity index (χ0v) is 37.7. The molecule has 4 aliphatic rings. The van der Waals surface area contributed by atoms with E-state index in [2.05, 4.69) is 92.5 Å². The number of fused-ring (bicyclic) bond motifs is 3. The van der Waals surface area contributed by atoms with Crippen LogP contribution >= 0.6 is 0 Å². The number of esters is 4. The summed E-state index contributed by atoms with van der Waals surface area (Å²) < 4.78 is 33.0. The molecule has 3 aromatic carbocycles. The first kappa shape index (κ1) is 48.0. The zero-order chi connectivity index (χ0) is 47.7. The molecule has 13 heteroatoms. The summed E-state index contributed by atoms with van der Waals surface area (Å²) in [7, 11) is 1.12. The van der Waals surface area contributed by atoms with E-state index in [9.17, 15) is 34.2 Å². The maximum absolute atomic E-state index is 13.8. The third-order valence-electron chi connectivity index (χ3n) is 12.2. The molecule has 4 aliphatic carbocycles. The van der Waals surface area contributed by atoms with E-state index in [4.69, 9.17) is 28.4 Å². The highest BCUT2D eigenvalue weighted by Gasteiger charge is 2.54. The second-order valence-corrected chi connectivity index (χ2v) is 16.6. The molecule has 13 nitrogen and oxygen atoms in total. The molecule has 0 amide bonds. The Morgan fingerprint density at radius 3 is 1.93 bits per heavy atom. The number of hydrogen-bond acceptors (Lipinski definition) is 12. The van der Waals surface area contributed by atoms with E-state index in [0.717, 1.165) is 20.0 Å². The summed E-state index contributed by atoms with van der Waals surface area (Å²) in [5, 5.41) is 20.0. The molecule has 0 heterocycles. The Morgan fingerprint density at radius 2 is 1.31 bits per heavy atom. The number of aliphatic hydroxyl groups is 1. The first-order valence-corrected chi connectivity index (χ1v) is 22.3. The van der Waals surface area contributed by atoms with Gasteiger partial charge in [-0.1, -0.05) is 111 Å². The number of allylic oxidation sites excluding steroid dienone is 8. The van der Waals surface area contributed by atoms with Gasteiger partial charge < -0.3 is 38.6 Å². The maximum atomic E-state index is 13.8. The van der Waals surface area contributed by atoms with Crippen LogP contribution in [0.25, 0.3) is 11.1 Å². The Hall–Kier alpha value is -6.93. The lowest BCUT2D eigenvalue weighted by Gasteiger charge is -2.42. The van der Waals surface area contributed by atoms with Gasteiger partial charge in [-0.2, -0.15) is 0 Å². The molecule has 0 bridgehead atoms. The molecule has 6 atom stereocenters. The van der Waals surface area contributed by atoms with E-state index in [0.29, 0.717) is 24.2 Å². The van der Waals surface area contributed by atoms with Gasteiger partial charge in [0.1, 0.15) is 25.9 Å². The lowest BCUT2D eigenvalue weighted by molar-refractivity contribution is -0.142. The number of ether oxygens (including phenoxy) is 6. The van der Waals surface area contributed by atoms with Crippen molar-refractivity contribution in [1.29, 1.82) is 0 Å². The van der Waals surface area contributed by atoms with E-state index in [-0.39, 0.29) is 65.1 Å². The van der Waals surface area contributed by atoms with Crippen LogP contribution in [0, 0.1) is 5.92 Å². The molecule has 67 heavy (non-hydrogen) atoms. The number of carboxylic acids is 1. The normalized spacial score (nSPS) is 21.6. The lowest BCUT2D eigenvalue weighted by atomic mass is 9.60. The van der Waals surface area contributed by atoms with Gasteiger partial charge in [-0.15, -0.1) is 0 Å². The van der Waals surface area contributed by atoms with Crippen molar-refractivity contribution >= 4 is 29.8 Å². The minimum absolute atomic E-state index is 0.0247. The number of hydrogen-bond donors (Lipinski definition) is 2. The molecule has 0 saturated heterocycles. The van der Waals surface area contributed by atoms with Gasteiger partial charge in [-0.3, -0.25) is 0 Å². The largest absolute Gasteiger partial charge is 0.478 e. The average Bonchev–Trinajstić information content (AvgIpc) is 3.66. The van der Waals surface area contributed by atoms with Crippen molar-refractivity contribution in [3.63, 3.8) is 0 Å². The third-order valence-corrected chi connectivity index (χ3v) is 12.2. The zero-order valence-electron chi connectivity index (χ0n) is 37.7. The smallest absolute Gasteiger partial charge is 0.339 e. The Bertz CT molecular complexity index is 2610. The quantitative estimate of drug-likeness (QED) is 0.0507. The summed E-state index contributed by atoms with van der Waals surface area (Å²) in [4.78, 5) is 63.4. The topological polar surface area (TPSA) is 181 Å². The molecule has 348 valence electrons. The van der Waals surface area contributed by atoms with Crippen LogP contribution in [0.4, 0.5) is 0 Å². The fraction of sp³-hybridized carbons (Fsp3) is 0.315. The molecule has 3 aromatic rings. The molecule has 7 rings (SSSR count). The van der Waals surface area contributed by atoms with Gasteiger partial charge in [-0.05, 0) is 83.9 Å². The van der Waals surface area contributed by atoms with E-state index in [1.54, 1.807) is 0 Å². The summed E-state index contributed by atoms with van der Waals surface area (Å²) in [5.41, 5.74) is 4.44. The van der Waals surface area contributed by atoms with E-state index in [1.807, 2.05) is 6.08 Å². The molecule has 0 aromatic heterocycles. The van der Waals surface area contributed by atoms with Crippen molar-refractivity contribution in [2.75, 3.05) is 40.1 Å². The molecule has 0 fully saturated rings. The first-order chi connectivity index (χ1) is 32.4. The van der Waals surface area contributed by atoms with Crippen LogP contribution in [-0.4, -0.2) is 98.5 Å². The predicted molar refractivity (Wildman–Crippen MR) is 249 cm³/mol. The summed E-state index contributed by atoms with van der Waals surface area (Å²) in [6.07, 6.45) is 22.8. The number of aliphatic hydroxyl groups excluding tert-OH is 1. The number of rotatable bonds is 19. The van der Waals surface area contributed by atoms with Gasteiger partial charge in [-0.25, -0.2) is 24.0 Å². The minimum Gasteiger partial charge on any atom is -0.478 e. The number of carbonyl (C=O) groups excluding carboxylic acids is 4. The highest BCUT2D eigenvalue weighted by Crippen LogP contribution is 2.61. The summed E-state index contributed by atoms with van der Waals surface area (Å²) in [6, 6.07) is 16.8. The predicted octanol–water partition coefficient (Wildman–Crippen LogP) is 8.36. The van der Waals surface area contributed by atoms with Gasteiger partial charge in [0.2, 0.25) is 0 Å². The van der Waals surface area contributed by atoms with Crippen molar-refractivity contribution in [2.24, 2.45) is 5.92 Å². The number of methoxy groups -OCH3 is 1. The van der Waals surface area contributed by atoms with Crippen LogP contribution in [0.1, 0.15) is 91.6 Å². The first-order valence-electron chi connectivity index (χ1n) is 22.3. The number of benzene rings is 3. The second kappa shape index (κ2) is 21.6. The third kappa shape index (κ3) is 10.4. The van der Waals surface area contributed by atoms with Crippen LogP contribution in [0.15, 0.2) is 145 Å². The SMILES string of the molecule is C=C(C)C(=O)OCC(O)COC(=O)c1ccc(-c2ccc(C(=O)O)c(C(=O)OC)c2)cc1C(=O)OCCOC1C=CC(C2(C3=CCC(OCCC)C=C3)c3ccccc3C3C=CC=CC32)=CC1. The Kier molecular flexibility index (Phi) is 15.5. The van der Waals surface area contributed by atoms with E-state index in [1.165, 1.54) is 65.6 Å². The van der Waals surface area contributed by atoms with Crippen LogP contribution in [0.5, 0.6) is 0 Å². The fourth-order valence-electron chi connectivity index (χ4n) is 9.07. The molecule has 6 unspecified atom stereocenters. The summed E-state index contributed by atoms with van der Waals surface area (Å²) in [5.74, 6) is -4.46. The fourth-order valence-corrected chi connectivity index (χ4v) is 9.07. The van der Waals surface area contributed by atoms with Crippen molar-refractivity contribution < 1.29 is 62.6 Å².